The van der Waals surface area contributed by atoms with Gasteiger partial charge in [0.2, 0.25) is 5.88 Å². The highest BCUT2D eigenvalue weighted by Gasteiger charge is 2.34. The summed E-state index contributed by atoms with van der Waals surface area (Å²) in [7, 11) is 1.74. The quantitative estimate of drug-likeness (QED) is 0.381. The van der Waals surface area contributed by atoms with Gasteiger partial charge in [-0.25, -0.2) is 4.52 Å². The van der Waals surface area contributed by atoms with Crippen molar-refractivity contribution < 1.29 is 4.74 Å². The zero-order chi connectivity index (χ0) is 17.4. The summed E-state index contributed by atoms with van der Waals surface area (Å²) in [4.78, 5) is 0. The van der Waals surface area contributed by atoms with Crippen molar-refractivity contribution in [2.45, 2.75) is 32.3 Å². The molecule has 3 aromatic rings. The molecule has 6 heteroatoms. The van der Waals surface area contributed by atoms with E-state index in [-0.39, 0.29) is 5.41 Å². The second kappa shape index (κ2) is 6.72. The van der Waals surface area contributed by atoms with Crippen LogP contribution in [0.1, 0.15) is 31.5 Å². The van der Waals surface area contributed by atoms with E-state index < -0.39 is 0 Å². The monoisotopic (exact) mass is 465 g/mol. The SMILES string of the molecule is CC1(C)CCN(SI)c2ccc3cc(OCc4ccccc4)nn3c21. The van der Waals surface area contributed by atoms with Crippen molar-refractivity contribution in [1.82, 2.24) is 9.61 Å². The van der Waals surface area contributed by atoms with Crippen LogP contribution in [0.3, 0.4) is 0 Å². The van der Waals surface area contributed by atoms with Gasteiger partial charge in [-0.15, -0.1) is 5.10 Å². The number of benzene rings is 1. The highest BCUT2D eigenvalue weighted by molar-refractivity contribution is 14.2. The Labute approximate surface area is 164 Å². The maximum Gasteiger partial charge on any atom is 0.234 e. The molecule has 0 bridgehead atoms. The normalized spacial score (nSPS) is 16.0. The van der Waals surface area contributed by atoms with Gasteiger partial charge in [-0.2, -0.15) is 0 Å². The third kappa shape index (κ3) is 3.21. The van der Waals surface area contributed by atoms with Gasteiger partial charge in [0.15, 0.2) is 0 Å². The number of aromatic nitrogens is 2. The van der Waals surface area contributed by atoms with E-state index in [1.54, 1.807) is 9.12 Å². The van der Waals surface area contributed by atoms with Gasteiger partial charge in [0.25, 0.3) is 0 Å². The van der Waals surface area contributed by atoms with Crippen LogP contribution in [-0.4, -0.2) is 16.2 Å². The van der Waals surface area contributed by atoms with Crippen LogP contribution in [0, 0.1) is 0 Å². The van der Waals surface area contributed by atoms with Crippen molar-refractivity contribution in [3.8, 4) is 5.88 Å². The van der Waals surface area contributed by atoms with Gasteiger partial charge in [0.05, 0.1) is 16.9 Å². The van der Waals surface area contributed by atoms with Crippen LogP contribution < -0.4 is 9.04 Å². The summed E-state index contributed by atoms with van der Waals surface area (Å²) in [6.07, 6.45) is 1.11. The Kier molecular flexibility index (Phi) is 4.58. The third-order valence-corrected chi connectivity index (χ3v) is 6.72. The molecule has 2 aromatic heterocycles. The number of hydrogen-bond acceptors (Lipinski definition) is 4. The molecule has 0 aliphatic carbocycles. The predicted octanol–water partition coefficient (Wildman–Crippen LogP) is 5.40. The Balaban J connectivity index is 1.71. The molecule has 4 rings (SSSR count). The Morgan fingerprint density at radius 3 is 2.76 bits per heavy atom. The van der Waals surface area contributed by atoms with Crippen LogP contribution in [-0.2, 0) is 12.0 Å². The smallest absolute Gasteiger partial charge is 0.234 e. The highest BCUT2D eigenvalue weighted by Crippen LogP contribution is 2.43. The molecule has 1 aromatic carbocycles. The van der Waals surface area contributed by atoms with Gasteiger partial charge in [-0.1, -0.05) is 44.2 Å². The van der Waals surface area contributed by atoms with Crippen molar-refractivity contribution in [2.75, 3.05) is 10.8 Å². The van der Waals surface area contributed by atoms with Gasteiger partial charge < -0.3 is 9.04 Å². The molecule has 0 radical (unpaired) electrons. The molecule has 3 heterocycles. The van der Waals surface area contributed by atoms with Gasteiger partial charge >= 0.3 is 0 Å². The molecular formula is C19H20IN3OS. The molecule has 0 spiro atoms. The zero-order valence-corrected chi connectivity index (χ0v) is 17.3. The molecule has 4 nitrogen and oxygen atoms in total. The van der Waals surface area contributed by atoms with Crippen molar-refractivity contribution in [3.05, 3.63) is 59.8 Å². The van der Waals surface area contributed by atoms with E-state index in [2.05, 4.69) is 68.1 Å². The topological polar surface area (TPSA) is 29.8 Å². The first-order chi connectivity index (χ1) is 12.1. The van der Waals surface area contributed by atoms with E-state index in [9.17, 15) is 0 Å². The number of nitrogens with zero attached hydrogens (tertiary/aromatic N) is 3. The molecule has 0 saturated carbocycles. The number of hydrogen-bond donors (Lipinski definition) is 0. The maximum atomic E-state index is 5.94. The molecule has 1 aliphatic rings. The minimum Gasteiger partial charge on any atom is -0.472 e. The van der Waals surface area contributed by atoms with Crippen LogP contribution in [0.5, 0.6) is 5.88 Å². The molecule has 0 fully saturated rings. The third-order valence-electron chi connectivity index (χ3n) is 4.74. The fraction of sp³-hybridized carbons (Fsp3) is 0.316. The van der Waals surface area contributed by atoms with Crippen molar-refractivity contribution in [1.29, 1.82) is 0 Å². The Morgan fingerprint density at radius 2 is 2.00 bits per heavy atom. The Morgan fingerprint density at radius 1 is 1.20 bits per heavy atom. The first kappa shape index (κ1) is 17.0. The maximum absolute atomic E-state index is 5.94. The summed E-state index contributed by atoms with van der Waals surface area (Å²) in [5.41, 5.74) is 4.82. The van der Waals surface area contributed by atoms with Gasteiger partial charge in [-0.3, -0.25) is 0 Å². The fourth-order valence-corrected chi connectivity index (χ4v) is 4.96. The van der Waals surface area contributed by atoms with E-state index in [4.69, 9.17) is 9.84 Å². The van der Waals surface area contributed by atoms with Crippen molar-refractivity contribution >= 4 is 41.5 Å². The lowest BCUT2D eigenvalue weighted by atomic mass is 9.82. The average Bonchev–Trinajstić information content (AvgIpc) is 3.03. The first-order valence-electron chi connectivity index (χ1n) is 8.35. The number of halogens is 1. The average molecular weight is 465 g/mol. The summed E-state index contributed by atoms with van der Waals surface area (Å²) in [5, 5.41) is 4.76. The molecule has 0 unspecified atom stereocenters. The first-order valence-corrected chi connectivity index (χ1v) is 11.7. The summed E-state index contributed by atoms with van der Waals surface area (Å²) >= 11 is 2.35. The molecular weight excluding hydrogens is 445 g/mol. The number of pyridine rings is 1. The standard InChI is InChI=1S/C19H20IN3OS/c1-19(2)10-11-22(25-20)16-9-8-15-12-17(21-23(15)18(16)19)24-13-14-6-4-3-5-7-14/h3-9,12H,10-11,13H2,1-2H3. The second-order valence-corrected chi connectivity index (χ2v) is 8.73. The number of ether oxygens (including phenoxy) is 1. The lowest BCUT2D eigenvalue weighted by molar-refractivity contribution is 0.291. The minimum atomic E-state index is 0.0838. The lowest BCUT2D eigenvalue weighted by Gasteiger charge is -2.38. The van der Waals surface area contributed by atoms with E-state index in [0.717, 1.165) is 24.0 Å². The molecule has 1 aliphatic heterocycles. The Hall–Kier alpha value is -1.41. The summed E-state index contributed by atoms with van der Waals surface area (Å²) in [6, 6.07) is 16.6. The number of anilines is 1. The molecule has 0 N–H and O–H groups in total. The minimum absolute atomic E-state index is 0.0838. The Bertz CT molecular complexity index is 894. The second-order valence-electron chi connectivity index (χ2n) is 6.97. The van der Waals surface area contributed by atoms with Crippen molar-refractivity contribution in [3.63, 3.8) is 0 Å². The highest BCUT2D eigenvalue weighted by atomic mass is 127. The van der Waals surface area contributed by atoms with Gasteiger partial charge in [-0.05, 0) is 24.1 Å². The van der Waals surface area contributed by atoms with Crippen LogP contribution in [0.4, 0.5) is 5.69 Å². The predicted molar refractivity (Wildman–Crippen MR) is 113 cm³/mol. The largest absolute Gasteiger partial charge is 0.472 e. The van der Waals surface area contributed by atoms with Crippen LogP contribution in [0.15, 0.2) is 48.5 Å². The molecule has 0 atom stereocenters. The summed E-state index contributed by atoms with van der Waals surface area (Å²) in [5.74, 6) is 0.673. The fourth-order valence-electron chi connectivity index (χ4n) is 3.35. The molecule has 0 amide bonds. The lowest BCUT2D eigenvalue weighted by Crippen LogP contribution is -2.35. The molecule has 0 saturated heterocycles. The van der Waals surface area contributed by atoms with Crippen LogP contribution in [0.2, 0.25) is 0 Å². The summed E-state index contributed by atoms with van der Waals surface area (Å²) in [6.45, 7) is 6.18. The van der Waals surface area contributed by atoms with Crippen LogP contribution in [0.25, 0.3) is 5.52 Å². The summed E-state index contributed by atoms with van der Waals surface area (Å²) < 4.78 is 10.3. The number of rotatable bonds is 4. The van der Waals surface area contributed by atoms with E-state index in [0.29, 0.717) is 12.5 Å². The van der Waals surface area contributed by atoms with E-state index in [1.807, 2.05) is 24.3 Å². The molecule has 130 valence electrons. The van der Waals surface area contributed by atoms with Gasteiger partial charge in [0, 0.05) is 48.4 Å². The van der Waals surface area contributed by atoms with Crippen molar-refractivity contribution in [2.24, 2.45) is 0 Å². The van der Waals surface area contributed by atoms with Gasteiger partial charge in [0.1, 0.15) is 6.61 Å². The van der Waals surface area contributed by atoms with E-state index in [1.165, 1.54) is 11.4 Å². The number of fused-ring (bicyclic) bond motifs is 3. The van der Waals surface area contributed by atoms with E-state index >= 15 is 0 Å². The zero-order valence-electron chi connectivity index (χ0n) is 14.3. The van der Waals surface area contributed by atoms with Crippen LogP contribution >= 0.6 is 30.3 Å². The molecule has 25 heavy (non-hydrogen) atoms.